The van der Waals surface area contributed by atoms with Crippen molar-refractivity contribution in [2.24, 2.45) is 4.99 Å². The van der Waals surface area contributed by atoms with Crippen LogP contribution in [0.4, 0.5) is 0 Å². The second kappa shape index (κ2) is 11.3. The first-order valence-electron chi connectivity index (χ1n) is 9.59. The van der Waals surface area contributed by atoms with E-state index in [0.29, 0.717) is 24.1 Å². The highest BCUT2D eigenvalue weighted by Crippen LogP contribution is 2.28. The van der Waals surface area contributed by atoms with Gasteiger partial charge in [0, 0.05) is 26.2 Å². The van der Waals surface area contributed by atoms with Crippen LogP contribution in [0, 0.1) is 12.3 Å². The summed E-state index contributed by atoms with van der Waals surface area (Å²) in [6.45, 7) is 8.43. The van der Waals surface area contributed by atoms with Crippen LogP contribution in [-0.4, -0.2) is 56.9 Å². The van der Waals surface area contributed by atoms with Gasteiger partial charge in [0.15, 0.2) is 17.5 Å². The largest absolute Gasteiger partial charge is 0.493 e. The molecule has 1 saturated heterocycles. The molecular formula is C21H31N3O3. The minimum Gasteiger partial charge on any atom is -0.493 e. The van der Waals surface area contributed by atoms with Crippen molar-refractivity contribution in [1.29, 1.82) is 0 Å². The SMILES string of the molecule is C#CCOc1cc(CN=C(NCC)N2CCC(OCC)CC2)ccc1OC. The molecule has 0 saturated carbocycles. The lowest BCUT2D eigenvalue weighted by molar-refractivity contribution is 0.0263. The van der Waals surface area contributed by atoms with E-state index < -0.39 is 0 Å². The molecule has 6 nitrogen and oxygen atoms in total. The maximum atomic E-state index is 5.74. The molecule has 0 spiro atoms. The van der Waals surface area contributed by atoms with Gasteiger partial charge in [0.25, 0.3) is 0 Å². The second-order valence-electron chi connectivity index (χ2n) is 6.29. The van der Waals surface area contributed by atoms with Gasteiger partial charge in [0.05, 0.1) is 19.8 Å². The van der Waals surface area contributed by atoms with Crippen molar-refractivity contribution in [1.82, 2.24) is 10.2 Å². The monoisotopic (exact) mass is 373 g/mol. The quantitative estimate of drug-likeness (QED) is 0.431. The highest BCUT2D eigenvalue weighted by molar-refractivity contribution is 5.80. The van der Waals surface area contributed by atoms with Crippen LogP contribution in [0.2, 0.25) is 0 Å². The van der Waals surface area contributed by atoms with Crippen molar-refractivity contribution in [3.8, 4) is 23.8 Å². The maximum Gasteiger partial charge on any atom is 0.194 e. The molecular weight excluding hydrogens is 342 g/mol. The third-order valence-electron chi connectivity index (χ3n) is 4.43. The molecule has 0 aliphatic carbocycles. The molecule has 0 bridgehead atoms. The first kappa shape index (κ1) is 20.9. The van der Waals surface area contributed by atoms with Crippen LogP contribution in [0.1, 0.15) is 32.3 Å². The van der Waals surface area contributed by atoms with Crippen molar-refractivity contribution >= 4 is 5.96 Å². The molecule has 0 amide bonds. The van der Waals surface area contributed by atoms with Gasteiger partial charge in [-0.05, 0) is 44.4 Å². The number of guanidine groups is 1. The molecule has 0 aromatic heterocycles. The Morgan fingerprint density at radius 2 is 2.07 bits per heavy atom. The van der Waals surface area contributed by atoms with Crippen LogP contribution in [0.15, 0.2) is 23.2 Å². The number of aliphatic imine (C=N–C) groups is 1. The van der Waals surface area contributed by atoms with Gasteiger partial charge >= 0.3 is 0 Å². The van der Waals surface area contributed by atoms with Crippen molar-refractivity contribution in [2.75, 3.05) is 40.0 Å². The molecule has 0 radical (unpaired) electrons. The minimum absolute atomic E-state index is 0.209. The zero-order chi connectivity index (χ0) is 19.5. The fraction of sp³-hybridized carbons (Fsp3) is 0.571. The van der Waals surface area contributed by atoms with Crippen molar-refractivity contribution in [3.63, 3.8) is 0 Å². The number of rotatable bonds is 8. The molecule has 1 aliphatic heterocycles. The normalized spacial score (nSPS) is 15.3. The molecule has 1 aliphatic rings. The number of terminal acetylenes is 1. The lowest BCUT2D eigenvalue weighted by atomic mass is 10.1. The molecule has 0 unspecified atom stereocenters. The zero-order valence-corrected chi connectivity index (χ0v) is 16.7. The maximum absolute atomic E-state index is 5.74. The summed E-state index contributed by atoms with van der Waals surface area (Å²) in [4.78, 5) is 7.11. The fourth-order valence-electron chi connectivity index (χ4n) is 3.11. The first-order valence-corrected chi connectivity index (χ1v) is 9.59. The van der Waals surface area contributed by atoms with Crippen LogP contribution in [0.5, 0.6) is 11.5 Å². The summed E-state index contributed by atoms with van der Waals surface area (Å²) in [5, 5.41) is 3.39. The summed E-state index contributed by atoms with van der Waals surface area (Å²) in [5.41, 5.74) is 1.04. The number of hydrogen-bond acceptors (Lipinski definition) is 4. The minimum atomic E-state index is 0.209. The molecule has 2 rings (SSSR count). The lowest BCUT2D eigenvalue weighted by Gasteiger charge is -2.34. The van der Waals surface area contributed by atoms with E-state index in [1.807, 2.05) is 25.1 Å². The molecule has 1 aromatic rings. The summed E-state index contributed by atoms with van der Waals surface area (Å²) in [6.07, 6.45) is 7.72. The number of likely N-dealkylation sites (tertiary alicyclic amines) is 1. The second-order valence-corrected chi connectivity index (χ2v) is 6.29. The predicted molar refractivity (Wildman–Crippen MR) is 108 cm³/mol. The van der Waals surface area contributed by atoms with E-state index in [2.05, 4.69) is 23.1 Å². The van der Waals surface area contributed by atoms with Crippen LogP contribution in [-0.2, 0) is 11.3 Å². The molecule has 1 N–H and O–H groups in total. The summed E-state index contributed by atoms with van der Waals surface area (Å²) in [7, 11) is 1.62. The predicted octanol–water partition coefficient (Wildman–Crippen LogP) is 2.67. The third kappa shape index (κ3) is 6.37. The van der Waals surface area contributed by atoms with Gasteiger partial charge in [-0.1, -0.05) is 12.0 Å². The van der Waals surface area contributed by atoms with Gasteiger partial charge < -0.3 is 24.4 Å². The Morgan fingerprint density at radius 1 is 1.30 bits per heavy atom. The Morgan fingerprint density at radius 3 is 2.70 bits per heavy atom. The number of hydrogen-bond donors (Lipinski definition) is 1. The molecule has 0 atom stereocenters. The Labute approximate surface area is 162 Å². The number of benzene rings is 1. The summed E-state index contributed by atoms with van der Waals surface area (Å²) < 4.78 is 16.6. The molecule has 1 aromatic carbocycles. The standard InChI is InChI=1S/C21H31N3O3/c1-5-14-27-20-15-17(8-9-19(20)25-4)16-23-21(22-6-2)24-12-10-18(11-13-24)26-7-3/h1,8-9,15,18H,6-7,10-14,16H2,2-4H3,(H,22,23). The number of methoxy groups -OCH3 is 1. The smallest absolute Gasteiger partial charge is 0.194 e. The first-order chi connectivity index (χ1) is 13.2. The van der Waals surface area contributed by atoms with Crippen LogP contribution in [0.3, 0.4) is 0 Å². The topological polar surface area (TPSA) is 55.3 Å². The van der Waals surface area contributed by atoms with Crippen molar-refractivity contribution in [3.05, 3.63) is 23.8 Å². The molecule has 6 heteroatoms. The van der Waals surface area contributed by atoms with E-state index in [9.17, 15) is 0 Å². The van der Waals surface area contributed by atoms with Crippen LogP contribution < -0.4 is 14.8 Å². The van der Waals surface area contributed by atoms with Crippen LogP contribution in [0.25, 0.3) is 0 Å². The Kier molecular flexibility index (Phi) is 8.79. The van der Waals surface area contributed by atoms with E-state index in [0.717, 1.165) is 50.6 Å². The number of ether oxygens (including phenoxy) is 3. The van der Waals surface area contributed by atoms with Gasteiger partial charge in [0.2, 0.25) is 0 Å². The van der Waals surface area contributed by atoms with Gasteiger partial charge in [-0.25, -0.2) is 4.99 Å². The van der Waals surface area contributed by atoms with Gasteiger partial charge in [-0.15, -0.1) is 6.42 Å². The molecule has 27 heavy (non-hydrogen) atoms. The summed E-state index contributed by atoms with van der Waals surface area (Å²) in [6, 6.07) is 5.82. The molecule has 1 fully saturated rings. The van der Waals surface area contributed by atoms with E-state index in [-0.39, 0.29) is 6.61 Å². The summed E-state index contributed by atoms with van der Waals surface area (Å²) in [5.74, 6) is 4.73. The Bertz CT molecular complexity index is 647. The average Bonchev–Trinajstić information content (AvgIpc) is 2.70. The highest BCUT2D eigenvalue weighted by atomic mass is 16.5. The van der Waals surface area contributed by atoms with E-state index in [4.69, 9.17) is 25.6 Å². The van der Waals surface area contributed by atoms with Gasteiger partial charge in [0.1, 0.15) is 6.61 Å². The highest BCUT2D eigenvalue weighted by Gasteiger charge is 2.21. The zero-order valence-electron chi connectivity index (χ0n) is 16.7. The van der Waals surface area contributed by atoms with E-state index >= 15 is 0 Å². The van der Waals surface area contributed by atoms with Crippen LogP contribution >= 0.6 is 0 Å². The van der Waals surface area contributed by atoms with E-state index in [1.165, 1.54) is 0 Å². The molecule has 148 valence electrons. The molecule has 1 heterocycles. The summed E-state index contributed by atoms with van der Waals surface area (Å²) >= 11 is 0. The fourth-order valence-corrected chi connectivity index (χ4v) is 3.11. The van der Waals surface area contributed by atoms with E-state index in [1.54, 1.807) is 7.11 Å². The lowest BCUT2D eigenvalue weighted by Crippen LogP contribution is -2.47. The Hall–Kier alpha value is -2.39. The van der Waals surface area contributed by atoms with Crippen molar-refractivity contribution in [2.45, 2.75) is 39.3 Å². The Balaban J connectivity index is 2.05. The number of piperidine rings is 1. The average molecular weight is 373 g/mol. The van der Waals surface area contributed by atoms with Gasteiger partial charge in [-0.2, -0.15) is 0 Å². The third-order valence-corrected chi connectivity index (χ3v) is 4.43. The van der Waals surface area contributed by atoms with Crippen molar-refractivity contribution < 1.29 is 14.2 Å². The number of nitrogens with one attached hydrogen (secondary N) is 1. The van der Waals surface area contributed by atoms with Gasteiger partial charge in [-0.3, -0.25) is 0 Å². The number of nitrogens with zero attached hydrogens (tertiary/aromatic N) is 2.